The first-order valence-corrected chi connectivity index (χ1v) is 7.80. The zero-order valence-electron chi connectivity index (χ0n) is 14.1. The summed E-state index contributed by atoms with van der Waals surface area (Å²) in [7, 11) is 0. The number of rotatable bonds is 7. The first-order valence-electron chi connectivity index (χ1n) is 7.80. The first kappa shape index (κ1) is 19.0. The Morgan fingerprint density at radius 3 is 2.57 bits per heavy atom. The van der Waals surface area contributed by atoms with Crippen molar-refractivity contribution < 1.29 is 22.7 Å². The van der Waals surface area contributed by atoms with Crippen LogP contribution in [0, 0.1) is 11.2 Å². The van der Waals surface area contributed by atoms with E-state index in [-0.39, 0.29) is 39.9 Å². The summed E-state index contributed by atoms with van der Waals surface area (Å²) in [5, 5.41) is 11.2. The maximum Gasteiger partial charge on any atom is 0.387 e. The molecule has 0 atom stereocenters. The molecule has 3 aromatic rings. The molecule has 0 aliphatic heterocycles. The van der Waals surface area contributed by atoms with Gasteiger partial charge in [0.2, 0.25) is 5.95 Å². The van der Waals surface area contributed by atoms with Crippen LogP contribution in [0.25, 0.3) is 0 Å². The van der Waals surface area contributed by atoms with E-state index in [2.05, 4.69) is 25.0 Å². The third-order valence-corrected chi connectivity index (χ3v) is 3.50. The molecular formula is C18H12F3N5O2. The van der Waals surface area contributed by atoms with Crippen LogP contribution in [0.3, 0.4) is 0 Å². The number of aldehydes is 1. The lowest BCUT2D eigenvalue weighted by Crippen LogP contribution is -2.10. The lowest BCUT2D eigenvalue weighted by atomic mass is 10.0. The number of ether oxygens (including phenoxy) is 1. The van der Waals surface area contributed by atoms with E-state index in [0.29, 0.717) is 6.29 Å². The molecule has 10 heteroatoms. The number of aromatic nitrogens is 3. The number of carbonyl (C=O) groups excluding carboxylic acids is 1. The highest BCUT2D eigenvalue weighted by Crippen LogP contribution is 2.23. The Kier molecular flexibility index (Phi) is 5.58. The van der Waals surface area contributed by atoms with Gasteiger partial charge in [0, 0.05) is 17.3 Å². The number of benzene rings is 1. The molecule has 7 nitrogen and oxygen atoms in total. The summed E-state index contributed by atoms with van der Waals surface area (Å²) in [6.07, 6.45) is 3.71. The second-order valence-electron chi connectivity index (χ2n) is 5.41. The molecule has 0 radical (unpaired) electrons. The van der Waals surface area contributed by atoms with E-state index in [0.717, 1.165) is 12.4 Å². The minimum Gasteiger partial charge on any atom is -0.435 e. The summed E-state index contributed by atoms with van der Waals surface area (Å²) >= 11 is 0. The van der Waals surface area contributed by atoms with Gasteiger partial charge < -0.3 is 10.1 Å². The molecule has 28 heavy (non-hydrogen) atoms. The van der Waals surface area contributed by atoms with Gasteiger partial charge in [0.1, 0.15) is 11.4 Å². The molecule has 2 N–H and O–H groups in total. The molecule has 0 spiro atoms. The predicted molar refractivity (Wildman–Crippen MR) is 93.9 cm³/mol. The molecule has 0 amide bonds. The Hall–Kier alpha value is -3.82. The summed E-state index contributed by atoms with van der Waals surface area (Å²) < 4.78 is 42.2. The van der Waals surface area contributed by atoms with Crippen molar-refractivity contribution in [2.45, 2.75) is 6.61 Å². The van der Waals surface area contributed by atoms with E-state index in [1.807, 2.05) is 0 Å². The molecule has 0 fully saturated rings. The molecule has 0 aliphatic carbocycles. The molecule has 2 aromatic heterocycles. The standard InChI is InChI=1S/C18H12F3N5O2/c19-12-7-24-18(25-8-12)26-14-4-10(9-27)6-23-16(14)15(22)11-2-1-3-13(5-11)28-17(20)21/h1-9,17,22H,(H,24,25,26). The maximum atomic E-state index is 13.0. The zero-order chi connectivity index (χ0) is 20.1. The quantitative estimate of drug-likeness (QED) is 0.475. The van der Waals surface area contributed by atoms with E-state index >= 15 is 0 Å². The smallest absolute Gasteiger partial charge is 0.387 e. The Bertz CT molecular complexity index is 1010. The monoisotopic (exact) mass is 387 g/mol. The zero-order valence-corrected chi connectivity index (χ0v) is 14.1. The van der Waals surface area contributed by atoms with Crippen LogP contribution >= 0.6 is 0 Å². The Labute approximate surface area is 156 Å². The van der Waals surface area contributed by atoms with Crippen LogP contribution in [0.5, 0.6) is 5.75 Å². The normalized spacial score (nSPS) is 10.6. The van der Waals surface area contributed by atoms with Crippen molar-refractivity contribution >= 4 is 23.6 Å². The average molecular weight is 387 g/mol. The third kappa shape index (κ3) is 4.47. The summed E-state index contributed by atoms with van der Waals surface area (Å²) in [5.74, 6) is -0.720. The summed E-state index contributed by atoms with van der Waals surface area (Å²) in [4.78, 5) is 22.7. The van der Waals surface area contributed by atoms with Crippen LogP contribution in [0.15, 0.2) is 48.9 Å². The van der Waals surface area contributed by atoms with Crippen LogP contribution in [-0.2, 0) is 0 Å². The van der Waals surface area contributed by atoms with E-state index in [1.165, 1.54) is 36.5 Å². The highest BCUT2D eigenvalue weighted by molar-refractivity contribution is 6.13. The van der Waals surface area contributed by atoms with E-state index < -0.39 is 12.4 Å². The molecule has 0 saturated carbocycles. The summed E-state index contributed by atoms with van der Waals surface area (Å²) in [6, 6.07) is 6.99. The van der Waals surface area contributed by atoms with Crippen LogP contribution < -0.4 is 10.1 Å². The molecule has 0 aliphatic rings. The second kappa shape index (κ2) is 8.25. The summed E-state index contributed by atoms with van der Waals surface area (Å²) in [5.41, 5.74) is 0.666. The summed E-state index contributed by atoms with van der Waals surface area (Å²) in [6.45, 7) is -3.00. The first-order chi connectivity index (χ1) is 13.5. The van der Waals surface area contributed by atoms with Gasteiger partial charge in [-0.2, -0.15) is 8.78 Å². The lowest BCUT2D eigenvalue weighted by molar-refractivity contribution is -0.0498. The number of carbonyl (C=O) groups is 1. The lowest BCUT2D eigenvalue weighted by Gasteiger charge is -2.13. The van der Waals surface area contributed by atoms with Gasteiger partial charge in [-0.05, 0) is 18.2 Å². The minimum absolute atomic E-state index is 0.0232. The topological polar surface area (TPSA) is 101 Å². The molecule has 2 heterocycles. The van der Waals surface area contributed by atoms with Gasteiger partial charge in [0.05, 0.1) is 23.8 Å². The van der Waals surface area contributed by atoms with Crippen molar-refractivity contribution in [1.29, 1.82) is 5.41 Å². The number of anilines is 2. The fourth-order valence-corrected chi connectivity index (χ4v) is 2.30. The molecule has 0 bridgehead atoms. The number of hydrogen-bond acceptors (Lipinski definition) is 7. The minimum atomic E-state index is -3.00. The third-order valence-electron chi connectivity index (χ3n) is 3.50. The molecule has 1 aromatic carbocycles. The van der Waals surface area contributed by atoms with Gasteiger partial charge in [0.25, 0.3) is 0 Å². The number of halogens is 3. The van der Waals surface area contributed by atoms with Crippen molar-refractivity contribution in [2.24, 2.45) is 0 Å². The van der Waals surface area contributed by atoms with Crippen molar-refractivity contribution in [3.05, 3.63) is 71.6 Å². The van der Waals surface area contributed by atoms with Gasteiger partial charge in [-0.25, -0.2) is 14.4 Å². The Morgan fingerprint density at radius 1 is 1.14 bits per heavy atom. The average Bonchev–Trinajstić information content (AvgIpc) is 2.69. The van der Waals surface area contributed by atoms with Crippen LogP contribution in [-0.4, -0.2) is 33.6 Å². The fourth-order valence-electron chi connectivity index (χ4n) is 2.30. The second-order valence-corrected chi connectivity index (χ2v) is 5.41. The highest BCUT2D eigenvalue weighted by atomic mass is 19.3. The fraction of sp³-hybridized carbons (Fsp3) is 0.0556. The number of hydrogen-bond donors (Lipinski definition) is 2. The van der Waals surface area contributed by atoms with Crippen molar-refractivity contribution in [2.75, 3.05) is 5.32 Å². The molecular weight excluding hydrogens is 375 g/mol. The van der Waals surface area contributed by atoms with Crippen LogP contribution in [0.1, 0.15) is 21.6 Å². The number of alkyl halides is 2. The van der Waals surface area contributed by atoms with Crippen LogP contribution in [0.2, 0.25) is 0 Å². The largest absolute Gasteiger partial charge is 0.435 e. The Morgan fingerprint density at radius 2 is 1.89 bits per heavy atom. The van der Waals surface area contributed by atoms with Gasteiger partial charge in [0.15, 0.2) is 12.1 Å². The SMILES string of the molecule is N=C(c1cccc(OC(F)F)c1)c1ncc(C=O)cc1Nc1ncc(F)cn1. The van der Waals surface area contributed by atoms with Crippen LogP contribution in [0.4, 0.5) is 24.8 Å². The van der Waals surface area contributed by atoms with Crippen molar-refractivity contribution in [1.82, 2.24) is 15.0 Å². The van der Waals surface area contributed by atoms with Crippen molar-refractivity contribution in [3.63, 3.8) is 0 Å². The number of nitrogens with zero attached hydrogens (tertiary/aromatic N) is 3. The van der Waals surface area contributed by atoms with Gasteiger partial charge >= 0.3 is 6.61 Å². The van der Waals surface area contributed by atoms with Gasteiger partial charge in [-0.3, -0.25) is 15.2 Å². The van der Waals surface area contributed by atoms with E-state index in [4.69, 9.17) is 5.41 Å². The van der Waals surface area contributed by atoms with Crippen molar-refractivity contribution in [3.8, 4) is 5.75 Å². The van der Waals surface area contributed by atoms with E-state index in [1.54, 1.807) is 0 Å². The van der Waals surface area contributed by atoms with Gasteiger partial charge in [-0.15, -0.1) is 0 Å². The van der Waals surface area contributed by atoms with Gasteiger partial charge in [-0.1, -0.05) is 12.1 Å². The number of pyridine rings is 1. The predicted octanol–water partition coefficient (Wildman–Crippen LogP) is 3.58. The van der Waals surface area contributed by atoms with E-state index in [9.17, 15) is 18.0 Å². The highest BCUT2D eigenvalue weighted by Gasteiger charge is 2.15. The molecule has 0 saturated heterocycles. The maximum absolute atomic E-state index is 13.0. The molecule has 0 unspecified atom stereocenters. The molecule has 3 rings (SSSR count). The number of nitrogens with one attached hydrogen (secondary N) is 2. The molecule has 142 valence electrons. The Balaban J connectivity index is 1.97.